The van der Waals surface area contributed by atoms with Crippen LogP contribution < -0.4 is 15.4 Å². The number of hydrogen-bond acceptors (Lipinski definition) is 7. The Morgan fingerprint density at radius 2 is 1.70 bits per heavy atom. The number of aromatic nitrogens is 3. The molecule has 3 aromatic heterocycles. The molecule has 6 aromatic rings. The molecule has 1 atom stereocenters. The molecule has 3 aromatic carbocycles. The number of alkyl halides is 3. The number of carbonyl (C=O) groups excluding carboxylic acids is 1. The van der Waals surface area contributed by atoms with Gasteiger partial charge in [0.2, 0.25) is 5.78 Å². The van der Waals surface area contributed by atoms with Gasteiger partial charge in [-0.25, -0.2) is 31.0 Å². The number of anilines is 2. The van der Waals surface area contributed by atoms with Crippen LogP contribution >= 0.6 is 0 Å². The molecule has 0 spiro atoms. The summed E-state index contributed by atoms with van der Waals surface area (Å²) in [6.45, 7) is 0.470. The first kappa shape index (κ1) is 36.4. The van der Waals surface area contributed by atoms with Gasteiger partial charge in [0.25, 0.3) is 10.0 Å². The van der Waals surface area contributed by atoms with Crippen molar-refractivity contribution in [3.05, 3.63) is 113 Å². The number of imidazole rings is 1. The van der Waals surface area contributed by atoms with Crippen LogP contribution in [0.2, 0.25) is 0 Å². The summed E-state index contributed by atoms with van der Waals surface area (Å²) in [5.41, 5.74) is 4.20. The highest BCUT2D eigenvalue weighted by atomic mass is 32.2. The standard InChI is InChI=1S/C36H26F7N7O3S/c1-48-17-46-25-13-21(23(14-28(25)48)36(41,42)43)20-5-3-11-50-26(20)8-9-27(50)34(51)18-6-7-24(29(12-18)49-10-2-4-19(45)16-49)47-54(52,53)35-32(39)30(37)22(15-44)31(38)33(35)40/h3,5-9,11-14,17,19,47H,2,4,10,16,45H2,1H3. The largest absolute Gasteiger partial charge is 0.417 e. The number of nitrogens with one attached hydrogen (secondary N) is 1. The molecular weight excluding hydrogens is 743 g/mol. The summed E-state index contributed by atoms with van der Waals surface area (Å²) >= 11 is 0. The topological polar surface area (TPSA) is 139 Å². The van der Waals surface area contributed by atoms with E-state index in [4.69, 9.17) is 11.0 Å². The van der Waals surface area contributed by atoms with E-state index in [1.54, 1.807) is 11.9 Å². The second-order valence-corrected chi connectivity index (χ2v) is 14.3. The average Bonchev–Trinajstić information content (AvgIpc) is 3.73. The average molecular weight is 770 g/mol. The monoisotopic (exact) mass is 769 g/mol. The summed E-state index contributed by atoms with van der Waals surface area (Å²) in [4.78, 5) is 17.9. The summed E-state index contributed by atoms with van der Waals surface area (Å²) in [5, 5.41) is 8.90. The molecule has 10 nitrogen and oxygen atoms in total. The van der Waals surface area contributed by atoms with E-state index in [1.165, 1.54) is 64.0 Å². The quantitative estimate of drug-likeness (QED) is 0.102. The maximum Gasteiger partial charge on any atom is 0.417 e. The number of piperidine rings is 1. The minimum absolute atomic E-state index is 0.0174. The minimum atomic E-state index is -5.40. The Morgan fingerprint density at radius 3 is 2.37 bits per heavy atom. The van der Waals surface area contributed by atoms with Gasteiger partial charge in [-0.15, -0.1) is 0 Å². The van der Waals surface area contributed by atoms with E-state index in [1.807, 2.05) is 4.72 Å². The normalized spacial score (nSPS) is 15.2. The van der Waals surface area contributed by atoms with Gasteiger partial charge >= 0.3 is 6.18 Å². The lowest BCUT2D eigenvalue weighted by molar-refractivity contribution is -0.137. The fourth-order valence-electron chi connectivity index (χ4n) is 6.72. The van der Waals surface area contributed by atoms with Crippen molar-refractivity contribution in [2.75, 3.05) is 22.7 Å². The Morgan fingerprint density at radius 1 is 0.981 bits per heavy atom. The predicted octanol–water partition coefficient (Wildman–Crippen LogP) is 6.90. The van der Waals surface area contributed by atoms with E-state index in [-0.39, 0.29) is 57.4 Å². The Kier molecular flexibility index (Phi) is 8.89. The van der Waals surface area contributed by atoms with Crippen LogP contribution in [0.5, 0.6) is 0 Å². The number of benzene rings is 3. The SMILES string of the molecule is Cn1cnc2cc(-c3cccn4c(C(=O)c5ccc(NS(=O)(=O)c6c(F)c(F)c(C#N)c(F)c6F)c(N6CCCC(N)C6)c5)ccc34)c(C(F)(F)F)cc21. The third-order valence-electron chi connectivity index (χ3n) is 9.29. The van der Waals surface area contributed by atoms with E-state index < -0.39 is 61.3 Å². The van der Waals surface area contributed by atoms with Crippen LogP contribution in [-0.4, -0.2) is 47.3 Å². The first-order valence-corrected chi connectivity index (χ1v) is 17.6. The molecular formula is C36H26F7N7O3S. The molecule has 0 saturated carbocycles. The van der Waals surface area contributed by atoms with Crippen molar-refractivity contribution in [1.82, 2.24) is 14.0 Å². The maximum absolute atomic E-state index is 14.9. The van der Waals surface area contributed by atoms with Gasteiger partial charge in [0.05, 0.1) is 45.5 Å². The molecule has 278 valence electrons. The zero-order chi connectivity index (χ0) is 38.9. The molecule has 1 aliphatic rings. The fourth-order valence-corrected chi connectivity index (χ4v) is 7.94. The van der Waals surface area contributed by atoms with E-state index in [0.29, 0.717) is 24.9 Å². The van der Waals surface area contributed by atoms with Crippen molar-refractivity contribution in [3.8, 4) is 17.2 Å². The molecule has 54 heavy (non-hydrogen) atoms. The second kappa shape index (κ2) is 13.2. The molecule has 1 aliphatic heterocycles. The van der Waals surface area contributed by atoms with Gasteiger partial charge in [-0.3, -0.25) is 9.52 Å². The molecule has 0 radical (unpaired) electrons. The van der Waals surface area contributed by atoms with Crippen LogP contribution in [0.15, 0.2) is 72.0 Å². The van der Waals surface area contributed by atoms with Crippen LogP contribution in [0.25, 0.3) is 27.7 Å². The Labute approximate surface area is 301 Å². The number of nitrogens with two attached hydrogens (primary N) is 1. The Bertz CT molecular complexity index is 2650. The van der Waals surface area contributed by atoms with Gasteiger partial charge < -0.3 is 19.6 Å². The van der Waals surface area contributed by atoms with Crippen molar-refractivity contribution < 1.29 is 43.9 Å². The number of ketones is 1. The third kappa shape index (κ3) is 6.08. The molecule has 7 rings (SSSR count). The lowest BCUT2D eigenvalue weighted by Crippen LogP contribution is -2.43. The number of rotatable bonds is 7. The zero-order valence-electron chi connectivity index (χ0n) is 27.8. The highest BCUT2D eigenvalue weighted by Gasteiger charge is 2.36. The Hall–Kier alpha value is -5.93. The lowest BCUT2D eigenvalue weighted by atomic mass is 9.98. The van der Waals surface area contributed by atoms with Crippen molar-refractivity contribution in [2.45, 2.75) is 30.0 Å². The van der Waals surface area contributed by atoms with Crippen molar-refractivity contribution in [3.63, 3.8) is 0 Å². The molecule has 0 aliphatic carbocycles. The van der Waals surface area contributed by atoms with Gasteiger partial charge in [-0.1, -0.05) is 6.07 Å². The number of halogens is 7. The maximum atomic E-state index is 14.9. The van der Waals surface area contributed by atoms with E-state index >= 15 is 0 Å². The van der Waals surface area contributed by atoms with E-state index in [9.17, 15) is 43.9 Å². The molecule has 4 heterocycles. The second-order valence-electron chi connectivity index (χ2n) is 12.7. The lowest BCUT2D eigenvalue weighted by Gasteiger charge is -2.34. The number of nitrogens with zero attached hydrogens (tertiary/aromatic N) is 5. The smallest absolute Gasteiger partial charge is 0.368 e. The molecule has 18 heteroatoms. The summed E-state index contributed by atoms with van der Waals surface area (Å²) < 4.78 is 133. The van der Waals surface area contributed by atoms with Gasteiger partial charge in [0.1, 0.15) is 11.6 Å². The van der Waals surface area contributed by atoms with Crippen LogP contribution in [0.1, 0.15) is 40.0 Å². The number of aryl methyl sites for hydroxylation is 1. The van der Waals surface area contributed by atoms with Crippen molar-refractivity contribution in [1.29, 1.82) is 5.26 Å². The Balaban J connectivity index is 1.31. The zero-order valence-corrected chi connectivity index (χ0v) is 28.7. The fraction of sp³-hybridized carbons (Fsp3) is 0.194. The molecule has 3 N–H and O–H groups in total. The van der Waals surface area contributed by atoms with Gasteiger partial charge in [0.15, 0.2) is 28.2 Å². The summed E-state index contributed by atoms with van der Waals surface area (Å²) in [7, 11) is -3.83. The van der Waals surface area contributed by atoms with Crippen LogP contribution in [0.3, 0.4) is 0 Å². The van der Waals surface area contributed by atoms with Crippen LogP contribution in [-0.2, 0) is 23.2 Å². The van der Waals surface area contributed by atoms with E-state index in [2.05, 4.69) is 4.98 Å². The highest BCUT2D eigenvalue weighted by Crippen LogP contribution is 2.41. The predicted molar refractivity (Wildman–Crippen MR) is 183 cm³/mol. The first-order chi connectivity index (χ1) is 25.5. The summed E-state index contributed by atoms with van der Waals surface area (Å²) in [6.07, 6.45) is -0.697. The molecule has 0 amide bonds. The highest BCUT2D eigenvalue weighted by molar-refractivity contribution is 7.92. The minimum Gasteiger partial charge on any atom is -0.368 e. The van der Waals surface area contributed by atoms with Crippen molar-refractivity contribution in [2.24, 2.45) is 12.8 Å². The molecule has 1 fully saturated rings. The summed E-state index contributed by atoms with van der Waals surface area (Å²) in [5.74, 6) is -9.65. The number of fused-ring (bicyclic) bond motifs is 2. The number of hydrogen-bond donors (Lipinski definition) is 2. The molecule has 1 saturated heterocycles. The molecule has 1 unspecified atom stereocenters. The van der Waals surface area contributed by atoms with Gasteiger partial charge in [-0.2, -0.15) is 18.4 Å². The van der Waals surface area contributed by atoms with Gasteiger partial charge in [0, 0.05) is 43.5 Å². The molecule has 0 bridgehead atoms. The number of carbonyl (C=O) groups is 1. The first-order valence-electron chi connectivity index (χ1n) is 16.1. The number of sulfonamides is 1. The van der Waals surface area contributed by atoms with Crippen molar-refractivity contribution >= 4 is 43.7 Å². The number of pyridine rings is 1. The number of nitriles is 1. The van der Waals surface area contributed by atoms with Crippen LogP contribution in [0, 0.1) is 34.6 Å². The summed E-state index contributed by atoms with van der Waals surface area (Å²) in [6, 6.07) is 12.4. The van der Waals surface area contributed by atoms with Gasteiger partial charge in [-0.05, 0) is 66.9 Å². The van der Waals surface area contributed by atoms with E-state index in [0.717, 1.165) is 18.2 Å². The third-order valence-corrected chi connectivity index (χ3v) is 10.7. The van der Waals surface area contributed by atoms with Crippen LogP contribution in [0.4, 0.5) is 42.1 Å².